The molecule has 60 valence electrons. The zero-order valence-corrected chi connectivity index (χ0v) is 6.57. The number of hydrogen-bond acceptors (Lipinski definition) is 0. The van der Waals surface area contributed by atoms with Crippen LogP contribution in [0.1, 0.15) is 13.8 Å². The Hall–Kier alpha value is -0.920. The Labute approximate surface area is 65.9 Å². The molecule has 0 amide bonds. The van der Waals surface area contributed by atoms with Crippen molar-refractivity contribution in [2.24, 2.45) is 0 Å². The van der Waals surface area contributed by atoms with Crippen molar-refractivity contribution in [1.29, 1.82) is 0 Å². The van der Waals surface area contributed by atoms with Crippen LogP contribution in [0.3, 0.4) is 0 Å². The summed E-state index contributed by atoms with van der Waals surface area (Å²) < 4.78 is 23.8. The average Bonchev–Trinajstić information content (AvgIpc) is 1.97. The second-order valence-electron chi connectivity index (χ2n) is 1.93. The summed E-state index contributed by atoms with van der Waals surface area (Å²) in [5, 5.41) is 0. The van der Waals surface area contributed by atoms with Crippen LogP contribution in [0.4, 0.5) is 8.78 Å². The molecule has 1 rings (SSSR count). The number of rotatable bonds is 0. The van der Waals surface area contributed by atoms with Crippen LogP contribution < -0.4 is 0 Å². The van der Waals surface area contributed by atoms with Crippen molar-refractivity contribution in [3.05, 3.63) is 42.3 Å². The van der Waals surface area contributed by atoms with Crippen molar-refractivity contribution in [2.75, 3.05) is 0 Å². The largest absolute Gasteiger partial charge is 0.207 e. The van der Waals surface area contributed by atoms with E-state index < -0.39 is 11.6 Å². The van der Waals surface area contributed by atoms with Gasteiger partial charge in [0.15, 0.2) is 0 Å². The molecule has 0 unspecified atom stereocenters. The summed E-state index contributed by atoms with van der Waals surface area (Å²) in [6.45, 7) is 4.00. The minimum atomic E-state index is -0.536. The van der Waals surface area contributed by atoms with Gasteiger partial charge in [-0.25, -0.2) is 8.78 Å². The van der Waals surface area contributed by atoms with Crippen LogP contribution in [0, 0.1) is 24.1 Å². The molecule has 1 aromatic carbocycles. The standard InChI is InChI=1S/C6H3F2.C3H7/c7-5-1-2-6(8)4-3-5;1-3-2/h1-3H;3H,1-2H3. The van der Waals surface area contributed by atoms with Gasteiger partial charge in [-0.15, -0.1) is 0 Å². The lowest BCUT2D eigenvalue weighted by molar-refractivity contribution is 0.598. The van der Waals surface area contributed by atoms with Crippen molar-refractivity contribution >= 4 is 0 Å². The predicted octanol–water partition coefficient (Wildman–Crippen LogP) is 3.00. The molecule has 0 saturated carbocycles. The van der Waals surface area contributed by atoms with Crippen LogP contribution in [0.2, 0.25) is 0 Å². The van der Waals surface area contributed by atoms with Crippen molar-refractivity contribution in [3.63, 3.8) is 0 Å². The van der Waals surface area contributed by atoms with E-state index in [9.17, 15) is 8.78 Å². The van der Waals surface area contributed by atoms with E-state index in [1.165, 1.54) is 0 Å². The van der Waals surface area contributed by atoms with E-state index in [0.29, 0.717) is 0 Å². The lowest BCUT2D eigenvalue weighted by atomic mass is 10.3. The monoisotopic (exact) mass is 156 g/mol. The first-order valence-corrected chi connectivity index (χ1v) is 3.27. The molecule has 0 atom stereocenters. The Morgan fingerprint density at radius 3 is 2.09 bits per heavy atom. The summed E-state index contributed by atoms with van der Waals surface area (Å²) in [4.78, 5) is 0. The van der Waals surface area contributed by atoms with Crippen molar-refractivity contribution in [2.45, 2.75) is 13.8 Å². The molecule has 0 aliphatic carbocycles. The molecule has 0 spiro atoms. The first-order chi connectivity index (χ1) is 5.20. The second-order valence-corrected chi connectivity index (χ2v) is 1.93. The molecule has 0 saturated heterocycles. The molecule has 0 fully saturated rings. The van der Waals surface area contributed by atoms with Crippen molar-refractivity contribution in [1.82, 2.24) is 0 Å². The van der Waals surface area contributed by atoms with Crippen LogP contribution in [-0.4, -0.2) is 0 Å². The summed E-state index contributed by atoms with van der Waals surface area (Å²) >= 11 is 0. The lowest BCUT2D eigenvalue weighted by Gasteiger charge is -1.82. The fraction of sp³-hybridized carbons (Fsp3) is 0.222. The highest BCUT2D eigenvalue weighted by molar-refractivity contribution is 5.03. The first-order valence-electron chi connectivity index (χ1n) is 3.27. The molecule has 2 heteroatoms. The molecule has 0 N–H and O–H groups in total. The van der Waals surface area contributed by atoms with E-state index in [0.717, 1.165) is 18.2 Å². The van der Waals surface area contributed by atoms with Gasteiger partial charge in [-0.05, 0) is 24.6 Å². The number of halogens is 2. The summed E-state index contributed by atoms with van der Waals surface area (Å²) in [7, 11) is 0. The predicted molar refractivity (Wildman–Crippen MR) is 40.8 cm³/mol. The molecule has 2 radical (unpaired) electrons. The highest BCUT2D eigenvalue weighted by Crippen LogP contribution is 1.97. The maximum Gasteiger partial charge on any atom is 0.131 e. The van der Waals surface area contributed by atoms with Gasteiger partial charge in [0.2, 0.25) is 0 Å². The molecular weight excluding hydrogens is 146 g/mol. The Kier molecular flexibility index (Phi) is 5.35. The molecule has 0 aliphatic heterocycles. The minimum Gasteiger partial charge on any atom is -0.207 e. The van der Waals surface area contributed by atoms with Crippen LogP contribution in [0.15, 0.2) is 18.2 Å². The van der Waals surface area contributed by atoms with E-state index in [4.69, 9.17) is 0 Å². The van der Waals surface area contributed by atoms with E-state index in [1.807, 2.05) is 20.3 Å². The van der Waals surface area contributed by atoms with Gasteiger partial charge in [-0.1, -0.05) is 13.8 Å². The van der Waals surface area contributed by atoms with Gasteiger partial charge in [0.1, 0.15) is 11.6 Å². The molecule has 0 aromatic heterocycles. The summed E-state index contributed by atoms with van der Waals surface area (Å²) in [6.07, 6.45) is 2.00. The normalized spacial score (nSPS) is 8.36. The van der Waals surface area contributed by atoms with E-state index in [-0.39, 0.29) is 0 Å². The van der Waals surface area contributed by atoms with Crippen LogP contribution in [-0.2, 0) is 0 Å². The SMILES string of the molecule is C[CH]C.Fc1[c]cc(F)cc1. The van der Waals surface area contributed by atoms with Crippen molar-refractivity contribution in [3.8, 4) is 0 Å². The summed E-state index contributed by atoms with van der Waals surface area (Å²) in [6, 6.07) is 5.08. The van der Waals surface area contributed by atoms with E-state index >= 15 is 0 Å². The first kappa shape index (κ1) is 10.1. The summed E-state index contributed by atoms with van der Waals surface area (Å²) in [5.41, 5.74) is 0. The van der Waals surface area contributed by atoms with Gasteiger partial charge in [-0.2, -0.15) is 0 Å². The van der Waals surface area contributed by atoms with Crippen LogP contribution in [0.5, 0.6) is 0 Å². The third-order valence-electron chi connectivity index (χ3n) is 0.737. The fourth-order valence-corrected chi connectivity index (χ4v) is 0.387. The fourth-order valence-electron chi connectivity index (χ4n) is 0.387. The zero-order chi connectivity index (χ0) is 8.69. The van der Waals surface area contributed by atoms with Gasteiger partial charge in [0.05, 0.1) is 0 Å². The lowest BCUT2D eigenvalue weighted by Crippen LogP contribution is -1.73. The average molecular weight is 156 g/mol. The third-order valence-corrected chi connectivity index (χ3v) is 0.737. The molecule has 0 heterocycles. The molecule has 0 aliphatic rings. The molecule has 0 bridgehead atoms. The minimum absolute atomic E-state index is 0.466. The Morgan fingerprint density at radius 2 is 1.82 bits per heavy atom. The maximum absolute atomic E-state index is 11.9. The quantitative estimate of drug-likeness (QED) is 0.541. The van der Waals surface area contributed by atoms with Gasteiger partial charge in [0.25, 0.3) is 0 Å². The maximum atomic E-state index is 11.9. The smallest absolute Gasteiger partial charge is 0.131 e. The van der Waals surface area contributed by atoms with Gasteiger partial charge in [-0.3, -0.25) is 0 Å². The molecular formula is C9H10F2. The zero-order valence-electron chi connectivity index (χ0n) is 6.57. The van der Waals surface area contributed by atoms with E-state index in [1.54, 1.807) is 0 Å². The molecule has 1 aromatic rings. The summed E-state index contributed by atoms with van der Waals surface area (Å²) in [5.74, 6) is -1.00. The van der Waals surface area contributed by atoms with Crippen LogP contribution >= 0.6 is 0 Å². The van der Waals surface area contributed by atoms with Crippen molar-refractivity contribution < 1.29 is 8.78 Å². The second kappa shape index (κ2) is 5.83. The Balaban J connectivity index is 0.000000292. The topological polar surface area (TPSA) is 0 Å². The van der Waals surface area contributed by atoms with Gasteiger partial charge < -0.3 is 0 Å². The van der Waals surface area contributed by atoms with Gasteiger partial charge in [0, 0.05) is 6.07 Å². The number of hydrogen-bond donors (Lipinski definition) is 0. The molecule has 11 heavy (non-hydrogen) atoms. The van der Waals surface area contributed by atoms with E-state index in [2.05, 4.69) is 6.07 Å². The van der Waals surface area contributed by atoms with Crippen LogP contribution in [0.25, 0.3) is 0 Å². The van der Waals surface area contributed by atoms with Gasteiger partial charge >= 0.3 is 0 Å². The highest BCUT2D eigenvalue weighted by atomic mass is 19.1. The molecule has 0 nitrogen and oxygen atoms in total. The Bertz CT molecular complexity index is 158. The number of benzene rings is 1. The highest BCUT2D eigenvalue weighted by Gasteiger charge is 1.87. The Morgan fingerprint density at radius 1 is 1.27 bits per heavy atom. The third kappa shape index (κ3) is 5.52.